The highest BCUT2D eigenvalue weighted by Gasteiger charge is 2.17. The maximum absolute atomic E-state index is 12.8. The van der Waals surface area contributed by atoms with Crippen molar-refractivity contribution in [3.63, 3.8) is 0 Å². The van der Waals surface area contributed by atoms with E-state index in [0.717, 1.165) is 22.0 Å². The summed E-state index contributed by atoms with van der Waals surface area (Å²) in [6, 6.07) is 16.6. The first-order valence-corrected chi connectivity index (χ1v) is 10.6. The van der Waals surface area contributed by atoms with Gasteiger partial charge in [-0.05, 0) is 75.4 Å². The van der Waals surface area contributed by atoms with E-state index < -0.39 is 0 Å². The van der Waals surface area contributed by atoms with Gasteiger partial charge in [-0.25, -0.2) is 4.79 Å². The van der Waals surface area contributed by atoms with Crippen LogP contribution in [0.25, 0.3) is 5.69 Å². The Morgan fingerprint density at radius 3 is 2.31 bits per heavy atom. The van der Waals surface area contributed by atoms with Gasteiger partial charge in [-0.2, -0.15) is 0 Å². The Morgan fingerprint density at radius 2 is 1.69 bits per heavy atom. The van der Waals surface area contributed by atoms with E-state index in [0.29, 0.717) is 28.5 Å². The molecule has 0 aliphatic heterocycles. The number of nitrogens with zero attached hydrogens (tertiary/aromatic N) is 1. The molecule has 29 heavy (non-hydrogen) atoms. The van der Waals surface area contributed by atoms with E-state index in [1.54, 1.807) is 19.1 Å². The first kappa shape index (κ1) is 21.2. The second-order valence-corrected chi connectivity index (χ2v) is 8.04. The minimum atomic E-state index is -0.338. The summed E-state index contributed by atoms with van der Waals surface area (Å²) in [5.41, 5.74) is 3.96. The zero-order chi connectivity index (χ0) is 21.0. The van der Waals surface area contributed by atoms with E-state index in [4.69, 9.17) is 16.3 Å². The molecule has 0 saturated heterocycles. The highest BCUT2D eigenvalue weighted by atomic mass is 35.5. The summed E-state index contributed by atoms with van der Waals surface area (Å²) in [4.78, 5) is 25.6. The molecule has 0 aliphatic carbocycles. The van der Waals surface area contributed by atoms with Gasteiger partial charge in [0, 0.05) is 32.6 Å². The van der Waals surface area contributed by atoms with Crippen molar-refractivity contribution >= 4 is 35.1 Å². The molecule has 2 aromatic carbocycles. The van der Waals surface area contributed by atoms with Crippen molar-refractivity contribution in [2.24, 2.45) is 0 Å². The minimum absolute atomic E-state index is 0.0763. The Bertz CT molecular complexity index is 1020. The lowest BCUT2D eigenvalue weighted by Crippen LogP contribution is -2.07. The average molecular weight is 428 g/mol. The fourth-order valence-corrected chi connectivity index (χ4v) is 4.07. The Kier molecular flexibility index (Phi) is 6.83. The van der Waals surface area contributed by atoms with Gasteiger partial charge < -0.3 is 9.30 Å². The van der Waals surface area contributed by atoms with E-state index >= 15 is 0 Å². The Hall–Kier alpha value is -2.50. The zero-order valence-corrected chi connectivity index (χ0v) is 18.1. The normalized spacial score (nSPS) is 10.8. The topological polar surface area (TPSA) is 48.3 Å². The molecule has 3 rings (SSSR count). The molecule has 0 aliphatic rings. The fraction of sp³-hybridized carbons (Fsp3) is 0.217. The molecule has 0 amide bonds. The fourth-order valence-electron chi connectivity index (χ4n) is 3.16. The molecule has 0 bridgehead atoms. The summed E-state index contributed by atoms with van der Waals surface area (Å²) >= 11 is 7.40. The van der Waals surface area contributed by atoms with Gasteiger partial charge in [-0.3, -0.25) is 4.79 Å². The number of ether oxygens (including phenoxy) is 1. The lowest BCUT2D eigenvalue weighted by molar-refractivity contribution is 0.0526. The van der Waals surface area contributed by atoms with Crippen molar-refractivity contribution in [1.82, 2.24) is 4.57 Å². The molecule has 3 aromatic rings. The summed E-state index contributed by atoms with van der Waals surface area (Å²) in [5.74, 6) is 0.0933. The average Bonchev–Trinajstić information content (AvgIpc) is 3.02. The van der Waals surface area contributed by atoms with Crippen LogP contribution in [-0.2, 0) is 4.74 Å². The number of carbonyl (C=O) groups excluding carboxylic acids is 2. The quantitative estimate of drug-likeness (QED) is 0.267. The number of halogens is 1. The number of thioether (sulfide) groups is 1. The van der Waals surface area contributed by atoms with Crippen molar-refractivity contribution in [2.45, 2.75) is 25.7 Å². The SMILES string of the molecule is CCOC(=O)c1ccc(-n2c(C)cc(C(=O)CSc3ccc(Cl)cc3)c2C)cc1. The van der Waals surface area contributed by atoms with Gasteiger partial charge in [0.05, 0.1) is 17.9 Å². The van der Waals surface area contributed by atoms with Crippen LogP contribution >= 0.6 is 23.4 Å². The molecule has 0 saturated carbocycles. The molecule has 6 heteroatoms. The molecular formula is C23H22ClNO3S. The van der Waals surface area contributed by atoms with E-state index in [2.05, 4.69) is 0 Å². The van der Waals surface area contributed by atoms with Crippen molar-refractivity contribution in [2.75, 3.05) is 12.4 Å². The van der Waals surface area contributed by atoms with Gasteiger partial charge in [0.2, 0.25) is 0 Å². The van der Waals surface area contributed by atoms with Gasteiger partial charge in [-0.1, -0.05) is 11.6 Å². The second-order valence-electron chi connectivity index (χ2n) is 6.55. The third-order valence-electron chi connectivity index (χ3n) is 4.55. The van der Waals surface area contributed by atoms with Gasteiger partial charge >= 0.3 is 5.97 Å². The van der Waals surface area contributed by atoms with Gasteiger partial charge in [0.1, 0.15) is 0 Å². The maximum Gasteiger partial charge on any atom is 0.338 e. The summed E-state index contributed by atoms with van der Waals surface area (Å²) in [7, 11) is 0. The Labute approximate surface area is 179 Å². The number of hydrogen-bond donors (Lipinski definition) is 0. The number of benzene rings is 2. The molecule has 4 nitrogen and oxygen atoms in total. The first-order chi connectivity index (χ1) is 13.9. The van der Waals surface area contributed by atoms with Crippen LogP contribution < -0.4 is 0 Å². The van der Waals surface area contributed by atoms with E-state index in [-0.39, 0.29) is 11.8 Å². The summed E-state index contributed by atoms with van der Waals surface area (Å²) in [6.45, 7) is 6.03. The number of esters is 1. The summed E-state index contributed by atoms with van der Waals surface area (Å²) < 4.78 is 7.05. The molecule has 0 unspecified atom stereocenters. The predicted molar refractivity (Wildman–Crippen MR) is 118 cm³/mol. The van der Waals surface area contributed by atoms with Crippen molar-refractivity contribution in [1.29, 1.82) is 0 Å². The molecule has 1 aromatic heterocycles. The first-order valence-electron chi connectivity index (χ1n) is 9.28. The summed E-state index contributed by atoms with van der Waals surface area (Å²) in [6.07, 6.45) is 0. The highest BCUT2D eigenvalue weighted by molar-refractivity contribution is 8.00. The van der Waals surface area contributed by atoms with E-state index in [1.807, 2.05) is 60.9 Å². The largest absolute Gasteiger partial charge is 0.462 e. The standard InChI is InChI=1S/C23H22ClNO3S/c1-4-28-23(27)17-5-9-19(10-6-17)25-15(2)13-21(16(25)3)22(26)14-29-20-11-7-18(24)8-12-20/h5-13H,4,14H2,1-3H3. The van der Waals surface area contributed by atoms with Crippen LogP contribution in [0, 0.1) is 13.8 Å². The van der Waals surface area contributed by atoms with Gasteiger partial charge in [-0.15, -0.1) is 11.8 Å². The predicted octanol–water partition coefficient (Wildman–Crippen LogP) is 5.90. The number of rotatable bonds is 7. The third kappa shape index (κ3) is 4.92. The van der Waals surface area contributed by atoms with Crippen LogP contribution in [-0.4, -0.2) is 28.7 Å². The van der Waals surface area contributed by atoms with Gasteiger partial charge in [0.15, 0.2) is 5.78 Å². The van der Waals surface area contributed by atoms with E-state index in [1.165, 1.54) is 11.8 Å². The zero-order valence-electron chi connectivity index (χ0n) is 16.6. The molecule has 0 spiro atoms. The number of hydrogen-bond acceptors (Lipinski definition) is 4. The van der Waals surface area contributed by atoms with E-state index in [9.17, 15) is 9.59 Å². The number of Topliss-reactive ketones (excluding diaryl/α,β-unsaturated/α-hetero) is 1. The maximum atomic E-state index is 12.8. The van der Waals surface area contributed by atoms with Crippen molar-refractivity contribution < 1.29 is 14.3 Å². The lowest BCUT2D eigenvalue weighted by Gasteiger charge is -2.11. The second kappa shape index (κ2) is 9.33. The van der Waals surface area contributed by atoms with Crippen LogP contribution in [0.4, 0.5) is 0 Å². The smallest absolute Gasteiger partial charge is 0.338 e. The number of carbonyl (C=O) groups is 2. The third-order valence-corrected chi connectivity index (χ3v) is 5.82. The Balaban J connectivity index is 1.78. The van der Waals surface area contributed by atoms with Crippen LogP contribution in [0.3, 0.4) is 0 Å². The molecule has 0 atom stereocenters. The van der Waals surface area contributed by atoms with Crippen LogP contribution in [0.5, 0.6) is 0 Å². The van der Waals surface area contributed by atoms with Crippen molar-refractivity contribution in [3.05, 3.63) is 82.1 Å². The van der Waals surface area contributed by atoms with Crippen LogP contribution in [0.15, 0.2) is 59.5 Å². The molecule has 0 radical (unpaired) electrons. The Morgan fingerprint density at radius 1 is 1.03 bits per heavy atom. The molecule has 150 valence electrons. The highest BCUT2D eigenvalue weighted by Crippen LogP contribution is 2.25. The minimum Gasteiger partial charge on any atom is -0.462 e. The van der Waals surface area contributed by atoms with Crippen molar-refractivity contribution in [3.8, 4) is 5.69 Å². The summed E-state index contributed by atoms with van der Waals surface area (Å²) in [5, 5.41) is 0.679. The van der Waals surface area contributed by atoms with Crippen LogP contribution in [0.1, 0.15) is 39.0 Å². The number of ketones is 1. The molecular weight excluding hydrogens is 406 g/mol. The molecule has 0 N–H and O–H groups in total. The van der Waals surface area contributed by atoms with Gasteiger partial charge in [0.25, 0.3) is 0 Å². The lowest BCUT2D eigenvalue weighted by atomic mass is 10.2. The number of aryl methyl sites for hydroxylation is 1. The van der Waals surface area contributed by atoms with Crippen LogP contribution in [0.2, 0.25) is 5.02 Å². The molecule has 0 fully saturated rings. The molecule has 1 heterocycles. The number of aromatic nitrogens is 1. The monoisotopic (exact) mass is 427 g/mol.